The van der Waals surface area contributed by atoms with Crippen LogP contribution in [0.25, 0.3) is 0 Å². The van der Waals surface area contributed by atoms with E-state index in [-0.39, 0.29) is 57.1 Å². The summed E-state index contributed by atoms with van der Waals surface area (Å²) in [5.74, 6) is 0. The summed E-state index contributed by atoms with van der Waals surface area (Å²) in [4.78, 5) is 24.7. The molecule has 6 aromatic rings. The Kier molecular flexibility index (Phi) is 18.0. The molecule has 0 spiro atoms. The predicted molar refractivity (Wildman–Crippen MR) is 183 cm³/mol. The molecule has 6 heterocycles. The largest absolute Gasteiger partial charge is 1.00 e. The van der Waals surface area contributed by atoms with Gasteiger partial charge in [-0.3, -0.25) is 9.97 Å². The molecular formula is C32H38Ag2N12O6. The first-order valence-corrected chi connectivity index (χ1v) is 15.1. The summed E-state index contributed by atoms with van der Waals surface area (Å²) < 4.78 is 8.07. The first-order valence-electron chi connectivity index (χ1n) is 15.1. The molecule has 284 valence electrons. The van der Waals surface area contributed by atoms with E-state index in [0.29, 0.717) is 0 Å². The van der Waals surface area contributed by atoms with E-state index in [2.05, 4.69) is 82.3 Å². The molecule has 18 nitrogen and oxygen atoms in total. The van der Waals surface area contributed by atoms with Crippen LogP contribution in [0, 0.1) is 86.0 Å². The first kappa shape index (κ1) is 45.0. The van der Waals surface area contributed by atoms with Gasteiger partial charge in [0.05, 0.1) is 32.9 Å². The van der Waals surface area contributed by atoms with Crippen LogP contribution in [0.5, 0.6) is 0 Å². The zero-order chi connectivity index (χ0) is 37.1. The fraction of sp³-hybridized carbons (Fsp3) is 0.312. The minimum Gasteiger partial charge on any atom is -0.356 e. The Morgan fingerprint density at radius 2 is 0.654 bits per heavy atom. The number of aryl methyl sites for hydroxylation is 8. The molecule has 0 radical (unpaired) electrons. The van der Waals surface area contributed by atoms with Crippen molar-refractivity contribution in [3.05, 3.63) is 161 Å². The minimum absolute atomic E-state index is 0. The van der Waals surface area contributed by atoms with Crippen LogP contribution in [0.15, 0.2) is 73.3 Å². The molecule has 0 aliphatic rings. The molecule has 20 heteroatoms. The van der Waals surface area contributed by atoms with Crippen LogP contribution in [0.2, 0.25) is 0 Å². The van der Waals surface area contributed by atoms with Gasteiger partial charge in [-0.2, -0.15) is 20.4 Å². The third-order valence-corrected chi connectivity index (χ3v) is 7.11. The number of hydrogen-bond donors (Lipinski definition) is 0. The van der Waals surface area contributed by atoms with Gasteiger partial charge in [-0.1, -0.05) is 0 Å². The van der Waals surface area contributed by atoms with E-state index >= 15 is 0 Å². The first-order chi connectivity index (χ1) is 23.6. The second-order valence-electron chi connectivity index (χ2n) is 11.2. The summed E-state index contributed by atoms with van der Waals surface area (Å²) in [6.07, 6.45) is 7.05. The summed E-state index contributed by atoms with van der Waals surface area (Å²) in [6, 6.07) is 16.4. The van der Waals surface area contributed by atoms with Crippen molar-refractivity contribution < 1.29 is 54.9 Å². The van der Waals surface area contributed by atoms with Crippen LogP contribution in [0.1, 0.15) is 69.0 Å². The Balaban J connectivity index is 0.000000418. The average Bonchev–Trinajstić information content (AvgIpc) is 3.75. The van der Waals surface area contributed by atoms with Crippen LogP contribution >= 0.6 is 0 Å². The molecule has 0 atom stereocenters. The van der Waals surface area contributed by atoms with E-state index in [1.54, 1.807) is 24.8 Å². The molecule has 0 bridgehead atoms. The zero-order valence-corrected chi connectivity index (χ0v) is 32.5. The number of pyridine rings is 2. The third kappa shape index (κ3) is 12.7. The number of hydrogen-bond acceptors (Lipinski definition) is 12. The Morgan fingerprint density at radius 1 is 0.462 bits per heavy atom. The molecule has 6 aromatic heterocycles. The van der Waals surface area contributed by atoms with Gasteiger partial charge in [-0.05, 0) is 104 Å². The van der Waals surface area contributed by atoms with Crippen LogP contribution in [-0.4, -0.2) is 59.3 Å². The molecule has 0 aliphatic carbocycles. The third-order valence-electron chi connectivity index (χ3n) is 7.11. The van der Waals surface area contributed by atoms with E-state index < -0.39 is 10.2 Å². The normalized spacial score (nSPS) is 10.0. The molecule has 0 saturated carbocycles. The SMILES string of the molecule is Cc1cc(C)n(C(c2ccncc2)n2nc(C)cc2C)n1.Cc1cc(C)n(C(c2ccncc2)n2nc(C)cc2C)n1.O=[N+]([O-])[O-].O=[N+]([O-])[O-].[Ag+].[Ag+]. The van der Waals surface area contributed by atoms with Crippen molar-refractivity contribution in [2.45, 2.75) is 67.7 Å². The molecule has 0 N–H and O–H groups in total. The van der Waals surface area contributed by atoms with Gasteiger partial charge >= 0.3 is 44.8 Å². The maximum atomic E-state index is 8.25. The quantitative estimate of drug-likeness (QED) is 0.120. The Hall–Kier alpha value is -4.98. The van der Waals surface area contributed by atoms with Crippen molar-refractivity contribution in [2.75, 3.05) is 0 Å². The van der Waals surface area contributed by atoms with Gasteiger partial charge in [0, 0.05) is 58.7 Å². The van der Waals surface area contributed by atoms with Gasteiger partial charge in [0.2, 0.25) is 0 Å². The summed E-state index contributed by atoms with van der Waals surface area (Å²) in [6.45, 7) is 16.3. The van der Waals surface area contributed by atoms with E-state index in [1.165, 1.54) is 0 Å². The van der Waals surface area contributed by atoms with Gasteiger partial charge in [-0.15, -0.1) is 0 Å². The van der Waals surface area contributed by atoms with E-state index in [9.17, 15) is 0 Å². The van der Waals surface area contributed by atoms with Gasteiger partial charge in [0.15, 0.2) is 12.3 Å². The molecule has 6 rings (SSSR count). The van der Waals surface area contributed by atoms with Crippen LogP contribution in [0.4, 0.5) is 0 Å². The van der Waals surface area contributed by atoms with Crippen molar-refractivity contribution in [3.8, 4) is 0 Å². The Labute approximate surface area is 330 Å². The van der Waals surface area contributed by atoms with Crippen LogP contribution in [-0.2, 0) is 44.8 Å². The van der Waals surface area contributed by atoms with Crippen LogP contribution < -0.4 is 0 Å². The molecule has 0 aromatic carbocycles. The van der Waals surface area contributed by atoms with Crippen molar-refractivity contribution in [3.63, 3.8) is 0 Å². The summed E-state index contributed by atoms with van der Waals surface area (Å²) in [7, 11) is 0. The zero-order valence-electron chi connectivity index (χ0n) is 29.5. The maximum Gasteiger partial charge on any atom is 1.00 e. The molecule has 0 aliphatic heterocycles. The molecular weight excluding hydrogens is 864 g/mol. The summed E-state index contributed by atoms with van der Waals surface area (Å²) in [5.41, 5.74) is 10.7. The smallest absolute Gasteiger partial charge is 0.356 e. The van der Waals surface area contributed by atoms with Crippen molar-refractivity contribution >= 4 is 0 Å². The van der Waals surface area contributed by atoms with Crippen molar-refractivity contribution in [1.82, 2.24) is 49.1 Å². The van der Waals surface area contributed by atoms with Gasteiger partial charge < -0.3 is 30.6 Å². The van der Waals surface area contributed by atoms with Crippen molar-refractivity contribution in [2.24, 2.45) is 0 Å². The average molecular weight is 902 g/mol. The topological polar surface area (TPSA) is 229 Å². The number of rotatable bonds is 6. The van der Waals surface area contributed by atoms with Gasteiger partial charge in [0.25, 0.3) is 0 Å². The molecule has 0 amide bonds. The van der Waals surface area contributed by atoms with E-state index in [1.807, 2.05) is 70.7 Å². The predicted octanol–water partition coefficient (Wildman–Crippen LogP) is 5.12. The molecule has 0 fully saturated rings. The summed E-state index contributed by atoms with van der Waals surface area (Å²) in [5, 5.41) is 48.1. The Morgan fingerprint density at radius 3 is 0.808 bits per heavy atom. The fourth-order valence-electron chi connectivity index (χ4n) is 5.42. The van der Waals surface area contributed by atoms with E-state index in [4.69, 9.17) is 30.6 Å². The van der Waals surface area contributed by atoms with Crippen molar-refractivity contribution in [1.29, 1.82) is 0 Å². The molecule has 0 saturated heterocycles. The van der Waals surface area contributed by atoms with Gasteiger partial charge in [0.1, 0.15) is 0 Å². The molecule has 0 unspecified atom stereocenters. The monoisotopic (exact) mass is 900 g/mol. The van der Waals surface area contributed by atoms with Crippen LogP contribution in [0.3, 0.4) is 0 Å². The fourth-order valence-corrected chi connectivity index (χ4v) is 5.42. The number of aromatic nitrogens is 10. The standard InChI is InChI=1S/2C16H19N5.2Ag.2NO3/c2*1-11-9-13(3)20(18-11)16(15-5-7-17-8-6-15)21-14(4)10-12(2)19-21;;;2*2-1(3)4/h2*5-10,16H,1-4H3;;;;/q;;2*+1;2*-1. The molecule has 52 heavy (non-hydrogen) atoms. The van der Waals surface area contributed by atoms with Gasteiger partial charge in [-0.25, -0.2) is 18.7 Å². The minimum atomic E-state index is -1.75. The summed E-state index contributed by atoms with van der Waals surface area (Å²) >= 11 is 0. The second kappa shape index (κ2) is 20.8. The second-order valence-corrected chi connectivity index (χ2v) is 11.2. The Bertz CT molecular complexity index is 1770. The number of nitrogens with zero attached hydrogens (tertiary/aromatic N) is 12. The van der Waals surface area contributed by atoms with E-state index in [0.717, 1.165) is 56.7 Å². The maximum absolute atomic E-state index is 8.25.